The summed E-state index contributed by atoms with van der Waals surface area (Å²) < 4.78 is 36.9. The zero-order valence-electron chi connectivity index (χ0n) is 5.93. The van der Waals surface area contributed by atoms with Crippen molar-refractivity contribution < 1.29 is 18.3 Å². The predicted octanol–water partition coefficient (Wildman–Crippen LogP) is 0.615. The Morgan fingerprint density at radius 3 is 2.64 bits per heavy atom. The molecule has 0 aromatic carbocycles. The molecule has 0 radical (unpaired) electrons. The van der Waals surface area contributed by atoms with E-state index in [0.29, 0.717) is 0 Å². The van der Waals surface area contributed by atoms with Crippen LogP contribution in [-0.4, -0.2) is 41.9 Å². The van der Waals surface area contributed by atoms with Crippen LogP contribution < -0.4 is 0 Å². The quantitative estimate of drug-likeness (QED) is 0.581. The van der Waals surface area contributed by atoms with E-state index in [0.717, 1.165) is 4.90 Å². The SMILES string of the molecule is OC1CN(CF)CC(F)(F)C1. The molecule has 0 aromatic rings. The Balaban J connectivity index is 2.51. The molecule has 11 heavy (non-hydrogen) atoms. The van der Waals surface area contributed by atoms with Crippen LogP contribution in [0.25, 0.3) is 0 Å². The van der Waals surface area contributed by atoms with Gasteiger partial charge in [0.2, 0.25) is 0 Å². The van der Waals surface area contributed by atoms with Crippen molar-refractivity contribution in [2.75, 3.05) is 19.9 Å². The third-order valence-corrected chi connectivity index (χ3v) is 1.63. The maximum Gasteiger partial charge on any atom is 0.263 e. The fourth-order valence-corrected chi connectivity index (χ4v) is 1.25. The normalized spacial score (nSPS) is 32.2. The highest BCUT2D eigenvalue weighted by Gasteiger charge is 2.39. The standard InChI is InChI=1S/C6H10F3NO/c7-4-10-2-5(11)1-6(8,9)3-10/h5,11H,1-4H2. The molecule has 1 aliphatic heterocycles. The molecule has 66 valence electrons. The highest BCUT2D eigenvalue weighted by molar-refractivity contribution is 4.82. The van der Waals surface area contributed by atoms with Crippen LogP contribution in [0, 0.1) is 0 Å². The van der Waals surface area contributed by atoms with Gasteiger partial charge in [0.05, 0.1) is 12.6 Å². The molecule has 1 heterocycles. The molecule has 0 amide bonds. The monoisotopic (exact) mass is 169 g/mol. The van der Waals surface area contributed by atoms with Crippen molar-refractivity contribution >= 4 is 0 Å². The van der Waals surface area contributed by atoms with E-state index in [1.807, 2.05) is 0 Å². The first-order valence-electron chi connectivity index (χ1n) is 3.38. The van der Waals surface area contributed by atoms with E-state index in [4.69, 9.17) is 5.11 Å². The van der Waals surface area contributed by atoms with Crippen molar-refractivity contribution in [3.8, 4) is 0 Å². The fourth-order valence-electron chi connectivity index (χ4n) is 1.25. The Labute approximate surface area is 62.6 Å². The molecular formula is C6H10F3NO. The maximum absolute atomic E-state index is 12.5. The van der Waals surface area contributed by atoms with Crippen LogP contribution >= 0.6 is 0 Å². The number of β-amino-alcohol motifs (C(OH)–C–C–N with tert-alkyl or cyclic N) is 1. The Morgan fingerprint density at radius 1 is 1.55 bits per heavy atom. The summed E-state index contributed by atoms with van der Waals surface area (Å²) in [5.41, 5.74) is 0. The molecule has 0 spiro atoms. The molecule has 1 saturated heterocycles. The molecule has 1 N–H and O–H groups in total. The lowest BCUT2D eigenvalue weighted by Crippen LogP contribution is -2.48. The topological polar surface area (TPSA) is 23.5 Å². The summed E-state index contributed by atoms with van der Waals surface area (Å²) in [6, 6.07) is 0. The van der Waals surface area contributed by atoms with Crippen molar-refractivity contribution in [1.82, 2.24) is 4.90 Å². The number of hydrogen-bond acceptors (Lipinski definition) is 2. The van der Waals surface area contributed by atoms with Crippen LogP contribution in [-0.2, 0) is 0 Å². The Kier molecular flexibility index (Phi) is 2.39. The first-order valence-corrected chi connectivity index (χ1v) is 3.38. The molecule has 0 bridgehead atoms. The molecule has 2 nitrogen and oxygen atoms in total. The summed E-state index contributed by atoms with van der Waals surface area (Å²) in [4.78, 5) is 0.897. The summed E-state index contributed by atoms with van der Waals surface area (Å²) in [6.07, 6.45) is -1.65. The first-order chi connectivity index (χ1) is 5.03. The Bertz CT molecular complexity index is 142. The number of aliphatic hydroxyl groups excluding tert-OH is 1. The number of halogens is 3. The molecule has 1 aliphatic rings. The van der Waals surface area contributed by atoms with Crippen molar-refractivity contribution in [1.29, 1.82) is 0 Å². The van der Waals surface area contributed by atoms with Crippen LogP contribution in [0.15, 0.2) is 0 Å². The Hall–Kier alpha value is -0.290. The highest BCUT2D eigenvalue weighted by atomic mass is 19.3. The smallest absolute Gasteiger partial charge is 0.263 e. The number of rotatable bonds is 1. The van der Waals surface area contributed by atoms with Gasteiger partial charge in [0.25, 0.3) is 5.92 Å². The van der Waals surface area contributed by atoms with Gasteiger partial charge < -0.3 is 5.11 Å². The third-order valence-electron chi connectivity index (χ3n) is 1.63. The van der Waals surface area contributed by atoms with E-state index in [2.05, 4.69) is 0 Å². The second-order valence-corrected chi connectivity index (χ2v) is 2.84. The van der Waals surface area contributed by atoms with Crippen molar-refractivity contribution in [3.63, 3.8) is 0 Å². The van der Waals surface area contributed by atoms with Crippen LogP contribution in [0.1, 0.15) is 6.42 Å². The van der Waals surface area contributed by atoms with E-state index in [-0.39, 0.29) is 6.54 Å². The van der Waals surface area contributed by atoms with Crippen LogP contribution in [0.5, 0.6) is 0 Å². The van der Waals surface area contributed by atoms with Crippen LogP contribution in [0.3, 0.4) is 0 Å². The third kappa shape index (κ3) is 2.34. The lowest BCUT2D eigenvalue weighted by molar-refractivity contribution is -0.114. The summed E-state index contributed by atoms with van der Waals surface area (Å²) in [5, 5.41) is 8.86. The predicted molar refractivity (Wildman–Crippen MR) is 33.1 cm³/mol. The lowest BCUT2D eigenvalue weighted by Gasteiger charge is -2.33. The minimum absolute atomic E-state index is 0.00604. The van der Waals surface area contributed by atoms with Gasteiger partial charge in [0.1, 0.15) is 6.80 Å². The van der Waals surface area contributed by atoms with Gasteiger partial charge in [-0.25, -0.2) is 13.2 Å². The first kappa shape index (κ1) is 8.80. The minimum Gasteiger partial charge on any atom is -0.392 e. The average Bonchev–Trinajstić information content (AvgIpc) is 1.83. The summed E-state index contributed by atoms with van der Waals surface area (Å²) in [5.74, 6) is -2.94. The second kappa shape index (κ2) is 2.98. The lowest BCUT2D eigenvalue weighted by atomic mass is 10.1. The molecule has 0 aromatic heterocycles. The number of hydrogen-bond donors (Lipinski definition) is 1. The molecule has 0 aliphatic carbocycles. The summed E-state index contributed by atoms with van der Waals surface area (Å²) in [6.45, 7) is -1.50. The van der Waals surface area contributed by atoms with Gasteiger partial charge in [-0.3, -0.25) is 4.90 Å². The van der Waals surface area contributed by atoms with Crippen LogP contribution in [0.2, 0.25) is 0 Å². The second-order valence-electron chi connectivity index (χ2n) is 2.84. The van der Waals surface area contributed by atoms with Gasteiger partial charge in [-0.2, -0.15) is 0 Å². The van der Waals surface area contributed by atoms with Crippen molar-refractivity contribution in [2.45, 2.75) is 18.4 Å². The van der Waals surface area contributed by atoms with E-state index in [1.54, 1.807) is 0 Å². The van der Waals surface area contributed by atoms with E-state index < -0.39 is 31.8 Å². The summed E-state index contributed by atoms with van der Waals surface area (Å²) >= 11 is 0. The van der Waals surface area contributed by atoms with E-state index in [9.17, 15) is 13.2 Å². The van der Waals surface area contributed by atoms with Gasteiger partial charge in [-0.05, 0) is 0 Å². The van der Waals surface area contributed by atoms with Gasteiger partial charge in [-0.15, -0.1) is 0 Å². The number of nitrogens with zero attached hydrogens (tertiary/aromatic N) is 1. The van der Waals surface area contributed by atoms with Gasteiger partial charge in [0, 0.05) is 13.0 Å². The molecule has 1 unspecified atom stereocenters. The number of aliphatic hydroxyl groups is 1. The van der Waals surface area contributed by atoms with Gasteiger partial charge in [0.15, 0.2) is 0 Å². The summed E-state index contributed by atoms with van der Waals surface area (Å²) in [7, 11) is 0. The van der Waals surface area contributed by atoms with E-state index in [1.165, 1.54) is 0 Å². The maximum atomic E-state index is 12.5. The number of piperidine rings is 1. The number of alkyl halides is 3. The van der Waals surface area contributed by atoms with Crippen LogP contribution in [0.4, 0.5) is 13.2 Å². The molecular weight excluding hydrogens is 159 g/mol. The number of likely N-dealkylation sites (tertiary alicyclic amines) is 1. The molecule has 0 saturated carbocycles. The average molecular weight is 169 g/mol. The van der Waals surface area contributed by atoms with Crippen molar-refractivity contribution in [3.05, 3.63) is 0 Å². The highest BCUT2D eigenvalue weighted by Crippen LogP contribution is 2.26. The van der Waals surface area contributed by atoms with E-state index >= 15 is 0 Å². The molecule has 1 fully saturated rings. The molecule has 5 heteroatoms. The zero-order chi connectivity index (χ0) is 8.48. The molecule has 1 atom stereocenters. The van der Waals surface area contributed by atoms with Gasteiger partial charge >= 0.3 is 0 Å². The van der Waals surface area contributed by atoms with Crippen molar-refractivity contribution in [2.24, 2.45) is 0 Å². The largest absolute Gasteiger partial charge is 0.392 e. The zero-order valence-corrected chi connectivity index (χ0v) is 5.93. The Morgan fingerprint density at radius 2 is 2.18 bits per heavy atom. The minimum atomic E-state index is -2.94. The van der Waals surface area contributed by atoms with Gasteiger partial charge in [-0.1, -0.05) is 0 Å². The molecule has 1 rings (SSSR count). The fraction of sp³-hybridized carbons (Fsp3) is 1.00.